The Bertz CT molecular complexity index is 592. The lowest BCUT2D eigenvalue weighted by atomic mass is 10.1. The summed E-state index contributed by atoms with van der Waals surface area (Å²) in [6, 6.07) is 6.37. The maximum atomic E-state index is 12.0. The largest absolute Gasteiger partial charge is 0.284 e. The second kappa shape index (κ2) is 3.21. The molecule has 0 fully saturated rings. The lowest BCUT2D eigenvalue weighted by Crippen LogP contribution is -2.19. The van der Waals surface area contributed by atoms with Gasteiger partial charge in [-0.05, 0) is 43.9 Å². The first-order valence-corrected chi connectivity index (χ1v) is 5.82. The van der Waals surface area contributed by atoms with Crippen molar-refractivity contribution in [1.82, 2.24) is 4.57 Å². The molecule has 0 saturated carbocycles. The van der Waals surface area contributed by atoms with Crippen LogP contribution in [0.4, 0.5) is 0 Å². The van der Waals surface area contributed by atoms with Gasteiger partial charge in [0.25, 0.3) is 0 Å². The van der Waals surface area contributed by atoms with Gasteiger partial charge in [-0.1, -0.05) is 12.1 Å². The summed E-state index contributed by atoms with van der Waals surface area (Å²) >= 11 is 0. The minimum Gasteiger partial charge on any atom is -0.284 e. The fourth-order valence-electron chi connectivity index (χ4n) is 2.72. The van der Waals surface area contributed by atoms with Gasteiger partial charge in [0, 0.05) is 17.5 Å². The van der Waals surface area contributed by atoms with E-state index in [0.29, 0.717) is 6.42 Å². The van der Waals surface area contributed by atoms with E-state index in [-0.39, 0.29) is 5.91 Å². The van der Waals surface area contributed by atoms with E-state index in [9.17, 15) is 4.79 Å². The quantitative estimate of drug-likeness (QED) is 0.658. The van der Waals surface area contributed by atoms with Gasteiger partial charge >= 0.3 is 0 Å². The van der Waals surface area contributed by atoms with E-state index < -0.39 is 0 Å². The molecular formula is C14H15NO. The van der Waals surface area contributed by atoms with Crippen molar-refractivity contribution in [3.63, 3.8) is 0 Å². The van der Waals surface area contributed by atoms with Gasteiger partial charge in [0.1, 0.15) is 0 Å². The highest BCUT2D eigenvalue weighted by Gasteiger charge is 2.22. The number of nitrogens with zero attached hydrogens (tertiary/aromatic N) is 1. The van der Waals surface area contributed by atoms with Crippen LogP contribution in [0.15, 0.2) is 18.2 Å². The van der Waals surface area contributed by atoms with Gasteiger partial charge in [0.15, 0.2) is 0 Å². The number of aromatic nitrogens is 1. The molecule has 2 heterocycles. The summed E-state index contributed by atoms with van der Waals surface area (Å²) in [5.74, 6) is 0.255. The Kier molecular flexibility index (Phi) is 1.93. The summed E-state index contributed by atoms with van der Waals surface area (Å²) in [6.45, 7) is 4.20. The molecule has 0 unspecified atom stereocenters. The first kappa shape index (κ1) is 9.64. The third kappa shape index (κ3) is 1.16. The van der Waals surface area contributed by atoms with Crippen molar-refractivity contribution in [2.45, 2.75) is 33.1 Å². The number of carbonyl (C=O) groups is 1. The molecule has 0 radical (unpaired) electrons. The molecule has 0 amide bonds. The van der Waals surface area contributed by atoms with Crippen LogP contribution >= 0.6 is 0 Å². The monoisotopic (exact) mass is 213 g/mol. The Balaban J connectivity index is 2.45. The summed E-state index contributed by atoms with van der Waals surface area (Å²) in [4.78, 5) is 12.0. The standard InChI is InChI=1S/C14H15NO/c1-9-6-7-11-10(2)12-4-3-5-14(16)15(12)13(11)8-9/h6-8H,3-5H2,1-2H3. The van der Waals surface area contributed by atoms with Crippen LogP contribution in [-0.4, -0.2) is 10.5 Å². The number of benzene rings is 1. The third-order valence-corrected chi connectivity index (χ3v) is 3.55. The predicted octanol–water partition coefficient (Wildman–Crippen LogP) is 3.23. The summed E-state index contributed by atoms with van der Waals surface area (Å²) in [5, 5.41) is 1.23. The molecule has 1 aliphatic heterocycles. The molecule has 2 heteroatoms. The third-order valence-electron chi connectivity index (χ3n) is 3.55. The van der Waals surface area contributed by atoms with Crippen LogP contribution in [0.3, 0.4) is 0 Å². The molecule has 1 aromatic heterocycles. The zero-order valence-corrected chi connectivity index (χ0v) is 9.71. The van der Waals surface area contributed by atoms with Crippen LogP contribution < -0.4 is 0 Å². The molecule has 1 aliphatic rings. The average molecular weight is 213 g/mol. The molecule has 0 aliphatic carbocycles. The fraction of sp³-hybridized carbons (Fsp3) is 0.357. The van der Waals surface area contributed by atoms with Crippen LogP contribution in [0, 0.1) is 13.8 Å². The predicted molar refractivity (Wildman–Crippen MR) is 65.0 cm³/mol. The molecule has 0 bridgehead atoms. The highest BCUT2D eigenvalue weighted by atomic mass is 16.2. The molecule has 0 N–H and O–H groups in total. The highest BCUT2D eigenvalue weighted by molar-refractivity contribution is 5.96. The van der Waals surface area contributed by atoms with Crippen molar-refractivity contribution >= 4 is 16.8 Å². The lowest BCUT2D eigenvalue weighted by Gasteiger charge is -2.15. The zero-order valence-electron chi connectivity index (χ0n) is 9.71. The van der Waals surface area contributed by atoms with Crippen molar-refractivity contribution in [2.75, 3.05) is 0 Å². The van der Waals surface area contributed by atoms with Crippen molar-refractivity contribution in [3.8, 4) is 0 Å². The molecule has 16 heavy (non-hydrogen) atoms. The van der Waals surface area contributed by atoms with Gasteiger partial charge < -0.3 is 0 Å². The molecule has 0 saturated heterocycles. The average Bonchev–Trinajstić information content (AvgIpc) is 2.54. The van der Waals surface area contributed by atoms with Crippen LogP contribution in [0.1, 0.15) is 34.5 Å². The van der Waals surface area contributed by atoms with Crippen LogP contribution in [0.5, 0.6) is 0 Å². The Morgan fingerprint density at radius 1 is 1.19 bits per heavy atom. The Hall–Kier alpha value is -1.57. The van der Waals surface area contributed by atoms with Gasteiger partial charge in [-0.25, -0.2) is 0 Å². The van der Waals surface area contributed by atoms with Gasteiger partial charge in [0.05, 0.1) is 5.52 Å². The SMILES string of the molecule is Cc1ccc2c(C)c3n(c2c1)C(=O)CCC3. The van der Waals surface area contributed by atoms with Crippen molar-refractivity contribution in [1.29, 1.82) is 0 Å². The molecule has 2 aromatic rings. The molecule has 1 aromatic carbocycles. The van der Waals surface area contributed by atoms with Gasteiger partial charge in [-0.15, -0.1) is 0 Å². The highest BCUT2D eigenvalue weighted by Crippen LogP contribution is 2.30. The number of hydrogen-bond donors (Lipinski definition) is 0. The first-order chi connectivity index (χ1) is 7.68. The normalized spacial score (nSPS) is 15.5. The Morgan fingerprint density at radius 2 is 2.00 bits per heavy atom. The molecule has 0 spiro atoms. The Labute approximate surface area is 94.9 Å². The van der Waals surface area contributed by atoms with Gasteiger partial charge in [-0.3, -0.25) is 9.36 Å². The molecule has 3 rings (SSSR count). The minimum atomic E-state index is 0.255. The number of carbonyl (C=O) groups excluding carboxylic acids is 1. The summed E-state index contributed by atoms with van der Waals surface area (Å²) < 4.78 is 1.93. The van der Waals surface area contributed by atoms with Crippen molar-refractivity contribution in [2.24, 2.45) is 0 Å². The number of hydrogen-bond acceptors (Lipinski definition) is 1. The topological polar surface area (TPSA) is 22.0 Å². The van der Waals surface area contributed by atoms with E-state index in [4.69, 9.17) is 0 Å². The van der Waals surface area contributed by atoms with Gasteiger partial charge in [0.2, 0.25) is 5.91 Å². The first-order valence-electron chi connectivity index (χ1n) is 5.82. The molecule has 0 atom stereocenters. The van der Waals surface area contributed by atoms with E-state index in [1.54, 1.807) is 0 Å². The second-order valence-corrected chi connectivity index (χ2v) is 4.67. The zero-order chi connectivity index (χ0) is 11.3. The van der Waals surface area contributed by atoms with E-state index in [1.165, 1.54) is 22.2 Å². The summed E-state index contributed by atoms with van der Waals surface area (Å²) in [6.07, 6.45) is 2.71. The van der Waals surface area contributed by atoms with Crippen molar-refractivity contribution < 1.29 is 4.79 Å². The number of fused-ring (bicyclic) bond motifs is 3. The molecule has 2 nitrogen and oxygen atoms in total. The minimum absolute atomic E-state index is 0.255. The van der Waals surface area contributed by atoms with E-state index in [2.05, 4.69) is 32.0 Å². The van der Waals surface area contributed by atoms with Gasteiger partial charge in [-0.2, -0.15) is 0 Å². The summed E-state index contributed by atoms with van der Waals surface area (Å²) in [5.41, 5.74) is 4.81. The van der Waals surface area contributed by atoms with Crippen LogP contribution in [-0.2, 0) is 6.42 Å². The maximum Gasteiger partial charge on any atom is 0.231 e. The van der Waals surface area contributed by atoms with Crippen LogP contribution in [0.2, 0.25) is 0 Å². The second-order valence-electron chi connectivity index (χ2n) is 4.67. The van der Waals surface area contributed by atoms with Crippen molar-refractivity contribution in [3.05, 3.63) is 35.0 Å². The molecular weight excluding hydrogens is 198 g/mol. The summed E-state index contributed by atoms with van der Waals surface area (Å²) in [7, 11) is 0. The van der Waals surface area contributed by atoms with E-state index in [1.807, 2.05) is 4.57 Å². The van der Waals surface area contributed by atoms with E-state index >= 15 is 0 Å². The number of rotatable bonds is 0. The Morgan fingerprint density at radius 3 is 2.81 bits per heavy atom. The smallest absolute Gasteiger partial charge is 0.231 e. The molecule has 82 valence electrons. The fourth-order valence-corrected chi connectivity index (χ4v) is 2.72. The maximum absolute atomic E-state index is 12.0. The number of aryl methyl sites for hydroxylation is 2. The van der Waals surface area contributed by atoms with Crippen LogP contribution in [0.25, 0.3) is 10.9 Å². The van der Waals surface area contributed by atoms with E-state index in [0.717, 1.165) is 18.4 Å². The lowest BCUT2D eigenvalue weighted by molar-refractivity contribution is 0.0889.